The summed E-state index contributed by atoms with van der Waals surface area (Å²) in [6, 6.07) is 15.4. The number of nitrogens with zero attached hydrogens (tertiary/aromatic N) is 3. The van der Waals surface area contributed by atoms with E-state index in [0.29, 0.717) is 23.3 Å². The maximum atomic E-state index is 5.80. The third kappa shape index (κ3) is 3.19. The minimum absolute atomic E-state index is 0.165. The van der Waals surface area contributed by atoms with Crippen molar-refractivity contribution in [2.24, 2.45) is 0 Å². The van der Waals surface area contributed by atoms with Crippen LogP contribution in [0.25, 0.3) is 33.6 Å². The van der Waals surface area contributed by atoms with Crippen LogP contribution < -0.4 is 9.47 Å². The summed E-state index contributed by atoms with van der Waals surface area (Å²) in [5, 5.41) is 9.02. The number of alkyl halides is 1. The highest BCUT2D eigenvalue weighted by Crippen LogP contribution is 2.35. The minimum Gasteiger partial charge on any atom is -0.493 e. The molecule has 4 rings (SSSR count). The van der Waals surface area contributed by atoms with E-state index in [4.69, 9.17) is 30.5 Å². The quantitative estimate of drug-likeness (QED) is 0.466. The van der Waals surface area contributed by atoms with Gasteiger partial charge in [-0.15, -0.1) is 21.8 Å². The van der Waals surface area contributed by atoms with E-state index in [-0.39, 0.29) is 5.88 Å². The van der Waals surface area contributed by atoms with E-state index >= 15 is 0 Å². The summed E-state index contributed by atoms with van der Waals surface area (Å²) in [5.74, 6) is 2.24. The van der Waals surface area contributed by atoms with Crippen molar-refractivity contribution in [1.29, 1.82) is 0 Å². The van der Waals surface area contributed by atoms with Gasteiger partial charge in [-0.2, -0.15) is 0 Å². The second-order valence-corrected chi connectivity index (χ2v) is 6.04. The number of methoxy groups -OCH3 is 2. The van der Waals surface area contributed by atoms with Crippen LogP contribution in [0.3, 0.4) is 0 Å². The first kappa shape index (κ1) is 17.3. The van der Waals surface area contributed by atoms with Crippen molar-refractivity contribution in [3.63, 3.8) is 0 Å². The number of hydrogen-bond acceptors (Lipinski definition) is 6. The second kappa shape index (κ2) is 7.25. The molecule has 2 heterocycles. The molecule has 2 aromatic carbocycles. The molecular formula is C20H16ClN3O3. The zero-order valence-corrected chi connectivity index (χ0v) is 15.5. The molecule has 0 aliphatic rings. The monoisotopic (exact) mass is 381 g/mol. The van der Waals surface area contributed by atoms with Crippen molar-refractivity contribution in [1.82, 2.24) is 15.2 Å². The number of aromatic nitrogens is 3. The molecule has 27 heavy (non-hydrogen) atoms. The summed E-state index contributed by atoms with van der Waals surface area (Å²) in [5.41, 5.74) is 3.27. The number of hydrogen-bond donors (Lipinski definition) is 0. The van der Waals surface area contributed by atoms with Gasteiger partial charge < -0.3 is 13.9 Å². The molecule has 0 fully saturated rings. The van der Waals surface area contributed by atoms with Crippen molar-refractivity contribution >= 4 is 22.5 Å². The Kier molecular flexibility index (Phi) is 4.64. The molecule has 2 aromatic heterocycles. The maximum absolute atomic E-state index is 5.80. The van der Waals surface area contributed by atoms with Crippen LogP contribution >= 0.6 is 11.6 Å². The summed E-state index contributed by atoms with van der Waals surface area (Å²) in [6.45, 7) is 0. The average Bonchev–Trinajstić information content (AvgIpc) is 3.21. The molecule has 0 bridgehead atoms. The van der Waals surface area contributed by atoms with Crippen molar-refractivity contribution in [3.05, 3.63) is 54.4 Å². The summed E-state index contributed by atoms with van der Waals surface area (Å²) in [7, 11) is 3.21. The van der Waals surface area contributed by atoms with Gasteiger partial charge in [0.1, 0.15) is 5.88 Å². The molecule has 136 valence electrons. The predicted molar refractivity (Wildman–Crippen MR) is 103 cm³/mol. The summed E-state index contributed by atoms with van der Waals surface area (Å²) < 4.78 is 16.4. The number of fused-ring (bicyclic) bond motifs is 1. The van der Waals surface area contributed by atoms with E-state index in [2.05, 4.69) is 10.2 Å². The molecule has 7 heteroatoms. The number of pyridine rings is 1. The lowest BCUT2D eigenvalue weighted by Gasteiger charge is -2.11. The Morgan fingerprint density at radius 3 is 2.52 bits per heavy atom. The van der Waals surface area contributed by atoms with E-state index in [9.17, 15) is 0 Å². The summed E-state index contributed by atoms with van der Waals surface area (Å²) in [4.78, 5) is 4.78. The van der Waals surface area contributed by atoms with Gasteiger partial charge >= 0.3 is 0 Å². The first-order valence-electron chi connectivity index (χ1n) is 8.24. The summed E-state index contributed by atoms with van der Waals surface area (Å²) in [6.07, 6.45) is 0. The van der Waals surface area contributed by atoms with Gasteiger partial charge in [-0.1, -0.05) is 18.2 Å². The molecule has 0 spiro atoms. The Balaban J connectivity index is 1.92. The van der Waals surface area contributed by atoms with Crippen molar-refractivity contribution < 1.29 is 13.9 Å². The SMILES string of the molecule is COc1ccc(-c2cc(-c3nnc(CCl)o3)c3ccccc3n2)cc1OC. The van der Waals surface area contributed by atoms with Gasteiger partial charge in [0.25, 0.3) is 0 Å². The largest absolute Gasteiger partial charge is 0.493 e. The van der Waals surface area contributed by atoms with Crippen LogP contribution in [0.15, 0.2) is 52.9 Å². The van der Waals surface area contributed by atoms with Gasteiger partial charge in [0.15, 0.2) is 11.5 Å². The van der Waals surface area contributed by atoms with Crippen LogP contribution in [0.4, 0.5) is 0 Å². The van der Waals surface area contributed by atoms with Gasteiger partial charge in [-0.25, -0.2) is 4.98 Å². The van der Waals surface area contributed by atoms with Crippen LogP contribution in [-0.4, -0.2) is 29.4 Å². The standard InChI is InChI=1S/C20H16ClN3O3/c1-25-17-8-7-12(9-18(17)26-2)16-10-14(20-24-23-19(11-21)27-20)13-5-3-4-6-15(13)22-16/h3-10H,11H2,1-2H3. The first-order valence-corrected chi connectivity index (χ1v) is 8.78. The predicted octanol–water partition coefficient (Wildman–Crippen LogP) is 4.71. The number of rotatable bonds is 5. The Morgan fingerprint density at radius 2 is 1.78 bits per heavy atom. The van der Waals surface area contributed by atoms with Crippen LogP contribution in [-0.2, 0) is 5.88 Å². The van der Waals surface area contributed by atoms with Gasteiger partial charge in [-0.3, -0.25) is 0 Å². The first-order chi connectivity index (χ1) is 13.2. The van der Waals surface area contributed by atoms with E-state index < -0.39 is 0 Å². The second-order valence-electron chi connectivity index (χ2n) is 5.78. The fourth-order valence-corrected chi connectivity index (χ4v) is 3.02. The lowest BCUT2D eigenvalue weighted by atomic mass is 10.0. The maximum Gasteiger partial charge on any atom is 0.248 e. The third-order valence-electron chi connectivity index (χ3n) is 4.21. The number of ether oxygens (including phenoxy) is 2. The molecule has 4 aromatic rings. The van der Waals surface area contributed by atoms with Crippen LogP contribution in [0.1, 0.15) is 5.89 Å². The Bertz CT molecular complexity index is 1110. The van der Waals surface area contributed by atoms with Gasteiger partial charge in [0, 0.05) is 10.9 Å². The van der Waals surface area contributed by atoms with Gasteiger partial charge in [-0.05, 0) is 30.3 Å². The van der Waals surface area contributed by atoms with Gasteiger partial charge in [0.05, 0.1) is 31.0 Å². The number of benzene rings is 2. The molecule has 0 radical (unpaired) electrons. The van der Waals surface area contributed by atoms with Crippen molar-refractivity contribution in [2.75, 3.05) is 14.2 Å². The van der Waals surface area contributed by atoms with Crippen LogP contribution in [0.2, 0.25) is 0 Å². The third-order valence-corrected chi connectivity index (χ3v) is 4.44. The van der Waals surface area contributed by atoms with E-state index in [1.807, 2.05) is 48.5 Å². The van der Waals surface area contributed by atoms with Crippen molar-refractivity contribution in [3.8, 4) is 34.2 Å². The highest BCUT2D eigenvalue weighted by atomic mass is 35.5. The highest BCUT2D eigenvalue weighted by molar-refractivity contribution is 6.16. The number of para-hydroxylation sites is 1. The fraction of sp³-hybridized carbons (Fsp3) is 0.150. The number of halogens is 1. The molecular weight excluding hydrogens is 366 g/mol. The van der Waals surface area contributed by atoms with Gasteiger partial charge in [0.2, 0.25) is 11.8 Å². The lowest BCUT2D eigenvalue weighted by molar-refractivity contribution is 0.355. The molecule has 0 aliphatic heterocycles. The van der Waals surface area contributed by atoms with Crippen molar-refractivity contribution in [2.45, 2.75) is 5.88 Å². The molecule has 0 N–H and O–H groups in total. The Labute approximate surface area is 160 Å². The van der Waals surface area contributed by atoms with Crippen LogP contribution in [0.5, 0.6) is 11.5 Å². The van der Waals surface area contributed by atoms with E-state index in [1.54, 1.807) is 14.2 Å². The van der Waals surface area contributed by atoms with Crippen LogP contribution in [0, 0.1) is 0 Å². The molecule has 0 atom stereocenters. The highest BCUT2D eigenvalue weighted by Gasteiger charge is 2.15. The molecule has 6 nitrogen and oxygen atoms in total. The zero-order valence-electron chi connectivity index (χ0n) is 14.8. The topological polar surface area (TPSA) is 70.3 Å². The molecule has 0 aliphatic carbocycles. The van der Waals surface area contributed by atoms with E-state index in [0.717, 1.165) is 27.7 Å². The zero-order chi connectivity index (χ0) is 18.8. The van der Waals surface area contributed by atoms with E-state index in [1.165, 1.54) is 0 Å². The smallest absolute Gasteiger partial charge is 0.248 e. The lowest BCUT2D eigenvalue weighted by Crippen LogP contribution is -1.93. The Morgan fingerprint density at radius 1 is 0.963 bits per heavy atom. The average molecular weight is 382 g/mol. The molecule has 0 saturated heterocycles. The molecule has 0 amide bonds. The fourth-order valence-electron chi connectivity index (χ4n) is 2.91. The summed E-state index contributed by atoms with van der Waals surface area (Å²) >= 11 is 5.80. The normalized spacial score (nSPS) is 10.9. The molecule has 0 saturated carbocycles. The minimum atomic E-state index is 0.165. The molecule has 0 unspecified atom stereocenters. The Hall–Kier alpha value is -3.12.